The summed E-state index contributed by atoms with van der Waals surface area (Å²) < 4.78 is 22.1. The molecule has 1 aliphatic rings. The van der Waals surface area contributed by atoms with Gasteiger partial charge in [0.1, 0.15) is 9.84 Å². The van der Waals surface area contributed by atoms with Crippen LogP contribution in [0.25, 0.3) is 0 Å². The third-order valence-electron chi connectivity index (χ3n) is 2.83. The van der Waals surface area contributed by atoms with Crippen LogP contribution in [0.2, 0.25) is 0 Å². The Morgan fingerprint density at radius 3 is 2.31 bits per heavy atom. The summed E-state index contributed by atoms with van der Waals surface area (Å²) in [5, 5.41) is 0. The topological polar surface area (TPSA) is 37.4 Å². The predicted octanol–water partition coefficient (Wildman–Crippen LogP) is 0.760. The van der Waals surface area contributed by atoms with Crippen molar-refractivity contribution >= 4 is 9.84 Å². The van der Waals surface area contributed by atoms with Crippen LogP contribution < -0.4 is 0 Å². The van der Waals surface area contributed by atoms with E-state index in [2.05, 4.69) is 25.7 Å². The van der Waals surface area contributed by atoms with Gasteiger partial charge in [-0.25, -0.2) is 8.42 Å². The molecule has 3 nitrogen and oxygen atoms in total. The van der Waals surface area contributed by atoms with E-state index >= 15 is 0 Å². The molecule has 0 saturated carbocycles. The van der Waals surface area contributed by atoms with Crippen molar-refractivity contribution in [1.29, 1.82) is 0 Å². The summed E-state index contributed by atoms with van der Waals surface area (Å²) in [6.07, 6.45) is 1.32. The standard InChI is InChI=1S/C9H19NO2S/c1-7(2)10-5-9(8(10)3)6-13(4,11)12/h7-9H,5-6H2,1-4H3/t8-,9-/m1/s1. The Kier molecular flexibility index (Phi) is 3.02. The number of nitrogens with zero attached hydrogens (tertiary/aromatic N) is 1. The summed E-state index contributed by atoms with van der Waals surface area (Å²) in [5.41, 5.74) is 0. The molecule has 0 unspecified atom stereocenters. The summed E-state index contributed by atoms with van der Waals surface area (Å²) in [6, 6.07) is 0.959. The first-order valence-corrected chi connectivity index (χ1v) is 6.81. The second-order valence-electron chi connectivity index (χ2n) is 4.38. The van der Waals surface area contributed by atoms with Gasteiger partial charge < -0.3 is 0 Å². The molecular weight excluding hydrogens is 186 g/mol. The summed E-state index contributed by atoms with van der Waals surface area (Å²) in [4.78, 5) is 2.33. The van der Waals surface area contributed by atoms with E-state index in [1.165, 1.54) is 6.26 Å². The summed E-state index contributed by atoms with van der Waals surface area (Å²) in [7, 11) is -2.79. The molecule has 0 radical (unpaired) electrons. The van der Waals surface area contributed by atoms with Crippen LogP contribution in [0.1, 0.15) is 20.8 Å². The van der Waals surface area contributed by atoms with Crippen LogP contribution in [0.4, 0.5) is 0 Å². The van der Waals surface area contributed by atoms with E-state index in [1.54, 1.807) is 0 Å². The highest BCUT2D eigenvalue weighted by molar-refractivity contribution is 7.90. The van der Waals surface area contributed by atoms with E-state index in [4.69, 9.17) is 0 Å². The van der Waals surface area contributed by atoms with E-state index in [-0.39, 0.29) is 0 Å². The zero-order chi connectivity index (χ0) is 10.2. The predicted molar refractivity (Wildman–Crippen MR) is 54.5 cm³/mol. The van der Waals surface area contributed by atoms with Gasteiger partial charge in [-0.3, -0.25) is 4.90 Å². The normalized spacial score (nSPS) is 30.5. The van der Waals surface area contributed by atoms with Crippen molar-refractivity contribution in [2.24, 2.45) is 5.92 Å². The van der Waals surface area contributed by atoms with Crippen molar-refractivity contribution in [3.05, 3.63) is 0 Å². The smallest absolute Gasteiger partial charge is 0.147 e. The molecule has 0 N–H and O–H groups in total. The summed E-state index contributed by atoms with van der Waals surface area (Å²) in [6.45, 7) is 7.34. The third kappa shape index (κ3) is 2.68. The van der Waals surface area contributed by atoms with E-state index in [0.29, 0.717) is 23.8 Å². The minimum Gasteiger partial charge on any atom is -0.298 e. The van der Waals surface area contributed by atoms with E-state index in [9.17, 15) is 8.42 Å². The van der Waals surface area contributed by atoms with Crippen LogP contribution in [0.15, 0.2) is 0 Å². The maximum atomic E-state index is 11.0. The molecule has 1 fully saturated rings. The molecule has 1 saturated heterocycles. The lowest BCUT2D eigenvalue weighted by atomic mass is 9.90. The van der Waals surface area contributed by atoms with Gasteiger partial charge in [0.25, 0.3) is 0 Å². The highest BCUT2D eigenvalue weighted by atomic mass is 32.2. The van der Waals surface area contributed by atoms with Crippen molar-refractivity contribution in [3.63, 3.8) is 0 Å². The van der Waals surface area contributed by atoms with Crippen LogP contribution in [0.3, 0.4) is 0 Å². The Morgan fingerprint density at radius 2 is 2.00 bits per heavy atom. The maximum Gasteiger partial charge on any atom is 0.147 e. The highest BCUT2D eigenvalue weighted by Gasteiger charge is 2.38. The molecule has 0 bridgehead atoms. The number of hydrogen-bond acceptors (Lipinski definition) is 3. The molecule has 0 amide bonds. The number of sulfone groups is 1. The molecule has 0 aromatic carbocycles. The van der Waals surface area contributed by atoms with Crippen LogP contribution >= 0.6 is 0 Å². The first kappa shape index (κ1) is 11.0. The molecule has 0 spiro atoms. The van der Waals surface area contributed by atoms with Gasteiger partial charge in [0.05, 0.1) is 5.75 Å². The quantitative estimate of drug-likeness (QED) is 0.682. The molecule has 2 atom stereocenters. The third-order valence-corrected chi connectivity index (χ3v) is 3.86. The number of rotatable bonds is 3. The molecule has 1 rings (SSSR count). The van der Waals surface area contributed by atoms with Gasteiger partial charge >= 0.3 is 0 Å². The van der Waals surface area contributed by atoms with Crippen molar-refractivity contribution in [2.45, 2.75) is 32.9 Å². The SMILES string of the molecule is CC(C)N1C[C@H](CS(C)(=O)=O)[C@H]1C. The van der Waals surface area contributed by atoms with E-state index < -0.39 is 9.84 Å². The molecule has 0 aromatic rings. The molecule has 1 heterocycles. The van der Waals surface area contributed by atoms with Crippen molar-refractivity contribution in [1.82, 2.24) is 4.90 Å². The zero-order valence-corrected chi connectivity index (χ0v) is 9.63. The van der Waals surface area contributed by atoms with Crippen molar-refractivity contribution in [2.75, 3.05) is 18.6 Å². The number of likely N-dealkylation sites (tertiary alicyclic amines) is 1. The minimum atomic E-state index is -2.79. The Labute approximate surface area is 81.0 Å². The van der Waals surface area contributed by atoms with Crippen LogP contribution in [-0.2, 0) is 9.84 Å². The van der Waals surface area contributed by atoms with Gasteiger partial charge in [0.2, 0.25) is 0 Å². The zero-order valence-electron chi connectivity index (χ0n) is 8.82. The molecule has 0 aromatic heterocycles. The van der Waals surface area contributed by atoms with Crippen LogP contribution in [0, 0.1) is 5.92 Å². The molecule has 1 aliphatic heterocycles. The second kappa shape index (κ2) is 3.58. The largest absolute Gasteiger partial charge is 0.298 e. The molecule has 78 valence electrons. The Bertz CT molecular complexity index is 271. The van der Waals surface area contributed by atoms with Crippen molar-refractivity contribution < 1.29 is 8.42 Å². The summed E-state index contributed by atoms with van der Waals surface area (Å²) >= 11 is 0. The van der Waals surface area contributed by atoms with Crippen LogP contribution in [-0.4, -0.2) is 44.0 Å². The summed E-state index contributed by atoms with van der Waals surface area (Å²) in [5.74, 6) is 0.689. The Balaban J connectivity index is 2.45. The highest BCUT2D eigenvalue weighted by Crippen LogP contribution is 2.27. The second-order valence-corrected chi connectivity index (χ2v) is 6.57. The molecular formula is C9H19NO2S. The fourth-order valence-electron chi connectivity index (χ4n) is 1.98. The molecule has 0 aliphatic carbocycles. The average molecular weight is 205 g/mol. The van der Waals surface area contributed by atoms with Crippen LogP contribution in [0.5, 0.6) is 0 Å². The van der Waals surface area contributed by atoms with Gasteiger partial charge in [-0.2, -0.15) is 0 Å². The molecule has 13 heavy (non-hydrogen) atoms. The van der Waals surface area contributed by atoms with Gasteiger partial charge in [-0.15, -0.1) is 0 Å². The number of hydrogen-bond donors (Lipinski definition) is 0. The monoisotopic (exact) mass is 205 g/mol. The lowest BCUT2D eigenvalue weighted by Crippen LogP contribution is -2.59. The van der Waals surface area contributed by atoms with Gasteiger partial charge in [0, 0.05) is 30.8 Å². The van der Waals surface area contributed by atoms with Gasteiger partial charge in [-0.1, -0.05) is 0 Å². The van der Waals surface area contributed by atoms with Crippen molar-refractivity contribution in [3.8, 4) is 0 Å². The first-order valence-electron chi connectivity index (χ1n) is 4.74. The Hall–Kier alpha value is -0.0900. The van der Waals surface area contributed by atoms with E-state index in [0.717, 1.165) is 6.54 Å². The Morgan fingerprint density at radius 1 is 1.46 bits per heavy atom. The molecule has 4 heteroatoms. The van der Waals surface area contributed by atoms with Gasteiger partial charge in [0.15, 0.2) is 0 Å². The lowest BCUT2D eigenvalue weighted by Gasteiger charge is -2.48. The van der Waals surface area contributed by atoms with E-state index in [1.807, 2.05) is 0 Å². The fourth-order valence-corrected chi connectivity index (χ4v) is 3.15. The minimum absolute atomic E-state index is 0.345. The van der Waals surface area contributed by atoms with Gasteiger partial charge in [-0.05, 0) is 20.8 Å². The lowest BCUT2D eigenvalue weighted by molar-refractivity contribution is 0.0117. The maximum absolute atomic E-state index is 11.0. The average Bonchev–Trinajstić information content (AvgIpc) is 1.94. The first-order chi connectivity index (χ1) is 5.81. The fraction of sp³-hybridized carbons (Fsp3) is 1.00.